The van der Waals surface area contributed by atoms with Crippen molar-refractivity contribution < 1.29 is 0 Å². The molecule has 0 aliphatic heterocycles. The molecule has 3 nitrogen and oxygen atoms in total. The molecule has 114 valence electrons. The maximum absolute atomic E-state index is 5.97. The molecular weight excluding hydrogens is 282 g/mol. The quantitative estimate of drug-likeness (QED) is 0.851. The number of benzene rings is 1. The standard InChI is InChI=1S/C17H24ClN3/c1-3-16-11-17(21(4-2)20-16)10-14(12-19)9-13-5-7-15(18)8-6-13/h5-8,11,14H,3-4,9-10,12,19H2,1-2H3. The number of hydrogen-bond donors (Lipinski definition) is 1. The summed E-state index contributed by atoms with van der Waals surface area (Å²) in [6.07, 6.45) is 2.93. The summed E-state index contributed by atoms with van der Waals surface area (Å²) in [5.74, 6) is 0.429. The van der Waals surface area contributed by atoms with Gasteiger partial charge in [-0.3, -0.25) is 4.68 Å². The number of halogens is 1. The average Bonchev–Trinajstić information content (AvgIpc) is 2.91. The minimum absolute atomic E-state index is 0.429. The van der Waals surface area contributed by atoms with Gasteiger partial charge < -0.3 is 5.73 Å². The van der Waals surface area contributed by atoms with Crippen molar-refractivity contribution >= 4 is 11.6 Å². The highest BCUT2D eigenvalue weighted by Gasteiger charge is 2.13. The first-order valence-corrected chi connectivity index (χ1v) is 8.04. The monoisotopic (exact) mass is 305 g/mol. The van der Waals surface area contributed by atoms with Crippen LogP contribution in [0.3, 0.4) is 0 Å². The topological polar surface area (TPSA) is 43.8 Å². The fourth-order valence-corrected chi connectivity index (χ4v) is 2.74. The number of aromatic nitrogens is 2. The fraction of sp³-hybridized carbons (Fsp3) is 0.471. The molecular formula is C17H24ClN3. The molecule has 1 heterocycles. The van der Waals surface area contributed by atoms with Crippen LogP contribution in [0.25, 0.3) is 0 Å². The second-order valence-electron chi connectivity index (χ2n) is 5.43. The highest BCUT2D eigenvalue weighted by atomic mass is 35.5. The Morgan fingerprint density at radius 2 is 1.90 bits per heavy atom. The van der Waals surface area contributed by atoms with E-state index in [2.05, 4.69) is 41.8 Å². The van der Waals surface area contributed by atoms with Crippen LogP contribution in [0.2, 0.25) is 5.02 Å². The molecule has 0 amide bonds. The second-order valence-corrected chi connectivity index (χ2v) is 5.87. The average molecular weight is 306 g/mol. The molecule has 0 radical (unpaired) electrons. The minimum Gasteiger partial charge on any atom is -0.330 e. The van der Waals surface area contributed by atoms with Crippen LogP contribution in [0.5, 0.6) is 0 Å². The molecule has 0 saturated carbocycles. The predicted octanol–water partition coefficient (Wildman–Crippen LogP) is 3.48. The van der Waals surface area contributed by atoms with Gasteiger partial charge in [-0.25, -0.2) is 0 Å². The summed E-state index contributed by atoms with van der Waals surface area (Å²) in [5, 5.41) is 5.39. The fourth-order valence-electron chi connectivity index (χ4n) is 2.61. The third-order valence-electron chi connectivity index (χ3n) is 3.84. The summed E-state index contributed by atoms with van der Waals surface area (Å²) >= 11 is 5.93. The zero-order valence-corrected chi connectivity index (χ0v) is 13.6. The maximum Gasteiger partial charge on any atom is 0.0624 e. The van der Waals surface area contributed by atoms with Crippen molar-refractivity contribution in [2.75, 3.05) is 6.54 Å². The van der Waals surface area contributed by atoms with Gasteiger partial charge in [0.25, 0.3) is 0 Å². The zero-order chi connectivity index (χ0) is 15.2. The first-order valence-electron chi connectivity index (χ1n) is 7.66. The molecule has 1 atom stereocenters. The normalized spacial score (nSPS) is 12.6. The van der Waals surface area contributed by atoms with Gasteiger partial charge in [0.05, 0.1) is 5.69 Å². The van der Waals surface area contributed by atoms with E-state index in [-0.39, 0.29) is 0 Å². The van der Waals surface area contributed by atoms with Gasteiger partial charge in [-0.05, 0) is 62.4 Å². The minimum atomic E-state index is 0.429. The molecule has 0 fully saturated rings. The predicted molar refractivity (Wildman–Crippen MR) is 88.7 cm³/mol. The van der Waals surface area contributed by atoms with Gasteiger partial charge >= 0.3 is 0 Å². The smallest absolute Gasteiger partial charge is 0.0624 e. The van der Waals surface area contributed by atoms with Crippen LogP contribution >= 0.6 is 11.6 Å². The number of nitrogens with zero attached hydrogens (tertiary/aromatic N) is 2. The van der Waals surface area contributed by atoms with E-state index in [1.165, 1.54) is 11.3 Å². The SMILES string of the molecule is CCc1cc(CC(CN)Cc2ccc(Cl)cc2)n(CC)n1. The summed E-state index contributed by atoms with van der Waals surface area (Å²) in [4.78, 5) is 0. The third-order valence-corrected chi connectivity index (χ3v) is 4.10. The Hall–Kier alpha value is -1.32. The summed E-state index contributed by atoms with van der Waals surface area (Å²) in [5.41, 5.74) is 9.71. The van der Waals surface area contributed by atoms with E-state index in [1.54, 1.807) is 0 Å². The van der Waals surface area contributed by atoms with Gasteiger partial charge in [0.15, 0.2) is 0 Å². The van der Waals surface area contributed by atoms with Crippen molar-refractivity contribution in [1.29, 1.82) is 0 Å². The van der Waals surface area contributed by atoms with E-state index in [1.807, 2.05) is 12.1 Å². The van der Waals surface area contributed by atoms with Crippen LogP contribution < -0.4 is 5.73 Å². The van der Waals surface area contributed by atoms with Gasteiger partial charge in [-0.2, -0.15) is 5.10 Å². The van der Waals surface area contributed by atoms with Crippen LogP contribution in [0.4, 0.5) is 0 Å². The molecule has 1 unspecified atom stereocenters. The Kier molecular flexibility index (Phi) is 5.83. The molecule has 1 aromatic heterocycles. The van der Waals surface area contributed by atoms with Gasteiger partial charge in [0, 0.05) is 17.3 Å². The van der Waals surface area contributed by atoms with E-state index in [4.69, 9.17) is 17.3 Å². The first-order chi connectivity index (χ1) is 10.2. The van der Waals surface area contributed by atoms with E-state index in [0.29, 0.717) is 12.5 Å². The third kappa shape index (κ3) is 4.32. The number of rotatable bonds is 7. The lowest BCUT2D eigenvalue weighted by Crippen LogP contribution is -2.21. The van der Waals surface area contributed by atoms with Crippen molar-refractivity contribution in [3.63, 3.8) is 0 Å². The van der Waals surface area contributed by atoms with Crippen LogP contribution in [-0.4, -0.2) is 16.3 Å². The molecule has 2 aromatic rings. The van der Waals surface area contributed by atoms with Crippen molar-refractivity contribution in [3.8, 4) is 0 Å². The van der Waals surface area contributed by atoms with E-state index < -0.39 is 0 Å². The number of hydrogen-bond acceptors (Lipinski definition) is 2. The molecule has 0 bridgehead atoms. The van der Waals surface area contributed by atoms with Crippen LogP contribution in [0.15, 0.2) is 30.3 Å². The Bertz CT molecular complexity index is 560. The molecule has 21 heavy (non-hydrogen) atoms. The van der Waals surface area contributed by atoms with E-state index >= 15 is 0 Å². The summed E-state index contributed by atoms with van der Waals surface area (Å²) < 4.78 is 2.10. The molecule has 0 aliphatic carbocycles. The first kappa shape index (κ1) is 16.1. The largest absolute Gasteiger partial charge is 0.330 e. The van der Waals surface area contributed by atoms with Gasteiger partial charge in [-0.1, -0.05) is 30.7 Å². The van der Waals surface area contributed by atoms with Crippen LogP contribution in [-0.2, 0) is 25.8 Å². The lowest BCUT2D eigenvalue weighted by atomic mass is 9.94. The summed E-state index contributed by atoms with van der Waals surface area (Å²) in [6, 6.07) is 10.3. The Labute approximate surface area is 132 Å². The van der Waals surface area contributed by atoms with Gasteiger partial charge in [0.2, 0.25) is 0 Å². The molecule has 4 heteroatoms. The summed E-state index contributed by atoms with van der Waals surface area (Å²) in [6.45, 7) is 5.86. The lowest BCUT2D eigenvalue weighted by molar-refractivity contribution is 0.499. The van der Waals surface area contributed by atoms with Gasteiger partial charge in [0.1, 0.15) is 0 Å². The van der Waals surface area contributed by atoms with Crippen molar-refractivity contribution in [2.24, 2.45) is 11.7 Å². The molecule has 2 rings (SSSR count). The van der Waals surface area contributed by atoms with Crippen molar-refractivity contribution in [3.05, 3.63) is 52.3 Å². The summed E-state index contributed by atoms with van der Waals surface area (Å²) in [7, 11) is 0. The number of aryl methyl sites for hydroxylation is 2. The van der Waals surface area contributed by atoms with Crippen LogP contribution in [0.1, 0.15) is 30.8 Å². The lowest BCUT2D eigenvalue weighted by Gasteiger charge is -2.15. The molecule has 2 N–H and O–H groups in total. The highest BCUT2D eigenvalue weighted by molar-refractivity contribution is 6.30. The Morgan fingerprint density at radius 1 is 1.19 bits per heavy atom. The second kappa shape index (κ2) is 7.62. The van der Waals surface area contributed by atoms with E-state index in [0.717, 1.165) is 36.5 Å². The Balaban J connectivity index is 2.08. The highest BCUT2D eigenvalue weighted by Crippen LogP contribution is 2.17. The maximum atomic E-state index is 5.97. The van der Waals surface area contributed by atoms with Crippen molar-refractivity contribution in [1.82, 2.24) is 9.78 Å². The van der Waals surface area contributed by atoms with Gasteiger partial charge in [-0.15, -0.1) is 0 Å². The van der Waals surface area contributed by atoms with Crippen molar-refractivity contribution in [2.45, 2.75) is 39.7 Å². The number of nitrogens with two attached hydrogens (primary N) is 1. The molecule has 1 aromatic carbocycles. The molecule has 0 aliphatic rings. The molecule has 0 spiro atoms. The Morgan fingerprint density at radius 3 is 2.48 bits per heavy atom. The van der Waals surface area contributed by atoms with E-state index in [9.17, 15) is 0 Å². The zero-order valence-electron chi connectivity index (χ0n) is 12.8. The van der Waals surface area contributed by atoms with Crippen LogP contribution in [0, 0.1) is 5.92 Å². The molecule has 0 saturated heterocycles.